The van der Waals surface area contributed by atoms with Crippen molar-refractivity contribution in [2.24, 2.45) is 0 Å². The van der Waals surface area contributed by atoms with Gasteiger partial charge in [0, 0.05) is 12.1 Å². The molecule has 1 aromatic heterocycles. The summed E-state index contributed by atoms with van der Waals surface area (Å²) in [5.74, 6) is 1.17. The van der Waals surface area contributed by atoms with Crippen molar-refractivity contribution >= 4 is 11.0 Å². The first-order valence-corrected chi connectivity index (χ1v) is 11.2. The maximum absolute atomic E-state index is 13.4. The predicted octanol–water partition coefficient (Wildman–Crippen LogP) is 0.673. The molecule has 2 heterocycles. The van der Waals surface area contributed by atoms with Gasteiger partial charge in [-0.05, 0) is 18.2 Å². The molecule has 4 N–H and O–H groups in total. The van der Waals surface area contributed by atoms with Crippen molar-refractivity contribution in [3.63, 3.8) is 0 Å². The van der Waals surface area contributed by atoms with Gasteiger partial charge in [-0.1, -0.05) is 0 Å². The monoisotopic (exact) mass is 520 g/mol. The maximum Gasteiger partial charge on any atom is 0.229 e. The number of fused-ring (bicyclic) bond motifs is 1. The molecule has 37 heavy (non-hydrogen) atoms. The Kier molecular flexibility index (Phi) is 7.76. The third kappa shape index (κ3) is 4.77. The third-order valence-electron chi connectivity index (χ3n) is 6.07. The van der Waals surface area contributed by atoms with Crippen molar-refractivity contribution in [1.82, 2.24) is 0 Å². The molecule has 0 aliphatic carbocycles. The van der Waals surface area contributed by atoms with E-state index >= 15 is 0 Å². The van der Waals surface area contributed by atoms with E-state index in [1.54, 1.807) is 18.2 Å². The Morgan fingerprint density at radius 1 is 0.838 bits per heavy atom. The first kappa shape index (κ1) is 26.5. The second kappa shape index (κ2) is 10.8. The van der Waals surface area contributed by atoms with E-state index in [-0.39, 0.29) is 34.0 Å². The van der Waals surface area contributed by atoms with Crippen molar-refractivity contribution < 1.29 is 53.3 Å². The van der Waals surface area contributed by atoms with Gasteiger partial charge in [-0.25, -0.2) is 0 Å². The van der Waals surface area contributed by atoms with Crippen LogP contribution in [-0.4, -0.2) is 86.2 Å². The first-order chi connectivity index (χ1) is 17.8. The van der Waals surface area contributed by atoms with Crippen LogP contribution < -0.4 is 29.1 Å². The Balaban J connectivity index is 1.90. The van der Waals surface area contributed by atoms with E-state index in [4.69, 9.17) is 32.8 Å². The molecule has 1 saturated heterocycles. The first-order valence-electron chi connectivity index (χ1n) is 11.2. The van der Waals surface area contributed by atoms with Gasteiger partial charge < -0.3 is 53.3 Å². The number of aliphatic hydroxyl groups is 4. The van der Waals surface area contributed by atoms with Gasteiger partial charge in [0.2, 0.25) is 12.0 Å². The highest BCUT2D eigenvalue weighted by Gasteiger charge is 2.45. The number of benzene rings is 2. The average Bonchev–Trinajstić information content (AvgIpc) is 2.92. The zero-order chi connectivity index (χ0) is 26.9. The molecule has 12 nitrogen and oxygen atoms in total. The summed E-state index contributed by atoms with van der Waals surface area (Å²) in [6.45, 7) is -0.647. The van der Waals surface area contributed by atoms with Gasteiger partial charge in [0.15, 0.2) is 16.8 Å². The highest BCUT2D eigenvalue weighted by Crippen LogP contribution is 2.43. The van der Waals surface area contributed by atoms with Crippen LogP contribution in [0.3, 0.4) is 0 Å². The number of aliphatic hydroxyl groups excluding tert-OH is 4. The van der Waals surface area contributed by atoms with Gasteiger partial charge in [-0.2, -0.15) is 0 Å². The van der Waals surface area contributed by atoms with Crippen LogP contribution in [0.4, 0.5) is 0 Å². The van der Waals surface area contributed by atoms with E-state index in [0.29, 0.717) is 17.1 Å². The van der Waals surface area contributed by atoms with Gasteiger partial charge in [0.05, 0.1) is 40.6 Å². The minimum atomic E-state index is -1.70. The normalized spacial score (nSPS) is 23.5. The summed E-state index contributed by atoms with van der Waals surface area (Å²) >= 11 is 0. The molecule has 0 radical (unpaired) electrons. The van der Waals surface area contributed by atoms with Crippen molar-refractivity contribution in [3.8, 4) is 40.1 Å². The van der Waals surface area contributed by atoms with Crippen LogP contribution in [0.1, 0.15) is 0 Å². The van der Waals surface area contributed by atoms with Crippen LogP contribution in [0.5, 0.6) is 28.7 Å². The molecule has 0 amide bonds. The Bertz CT molecular complexity index is 1320. The fourth-order valence-corrected chi connectivity index (χ4v) is 4.12. The van der Waals surface area contributed by atoms with Crippen LogP contribution in [0.25, 0.3) is 22.3 Å². The molecule has 1 aliphatic rings. The molecule has 3 aromatic rings. The van der Waals surface area contributed by atoms with Gasteiger partial charge >= 0.3 is 0 Å². The van der Waals surface area contributed by atoms with Crippen LogP contribution in [-0.2, 0) is 4.74 Å². The Morgan fingerprint density at radius 3 is 2.19 bits per heavy atom. The van der Waals surface area contributed by atoms with E-state index in [0.717, 1.165) is 0 Å². The number of hydrogen-bond acceptors (Lipinski definition) is 12. The lowest BCUT2D eigenvalue weighted by Crippen LogP contribution is -2.60. The molecule has 4 rings (SSSR count). The minimum Gasteiger partial charge on any atom is -0.497 e. The second-order valence-corrected chi connectivity index (χ2v) is 8.17. The van der Waals surface area contributed by atoms with E-state index in [1.165, 1.54) is 40.6 Å². The molecular formula is C25H28O12. The molecule has 0 spiro atoms. The lowest BCUT2D eigenvalue weighted by Gasteiger charge is -2.39. The fourth-order valence-electron chi connectivity index (χ4n) is 4.12. The summed E-state index contributed by atoms with van der Waals surface area (Å²) in [5.41, 5.74) is -0.141. The van der Waals surface area contributed by atoms with Crippen LogP contribution >= 0.6 is 0 Å². The minimum absolute atomic E-state index is 0.0335. The highest BCUT2D eigenvalue weighted by molar-refractivity contribution is 5.92. The smallest absolute Gasteiger partial charge is 0.229 e. The van der Waals surface area contributed by atoms with Gasteiger partial charge in [-0.15, -0.1) is 0 Å². The summed E-state index contributed by atoms with van der Waals surface area (Å²) in [5, 5.41) is 40.0. The van der Waals surface area contributed by atoms with Crippen molar-refractivity contribution in [2.75, 3.05) is 35.0 Å². The van der Waals surface area contributed by atoms with Crippen molar-refractivity contribution in [2.45, 2.75) is 30.7 Å². The summed E-state index contributed by atoms with van der Waals surface area (Å²) in [6, 6.07) is 7.56. The quantitative estimate of drug-likeness (QED) is 0.328. The standard InChI is InChI=1S/C25H28O12/c1-31-11-5-6-14(32-2)12(7-11)15-8-13(27)19-16(9-17(33-3)23(34-4)24(19)35-15)36-25-22(30)21(29)20(28)18(10-26)37-25/h5-9,18,20-22,25-26,28-30H,10H2,1-4H3. The molecule has 0 saturated carbocycles. The molecule has 200 valence electrons. The number of methoxy groups -OCH3 is 4. The van der Waals surface area contributed by atoms with Crippen LogP contribution in [0.15, 0.2) is 39.5 Å². The zero-order valence-corrected chi connectivity index (χ0v) is 20.5. The zero-order valence-electron chi connectivity index (χ0n) is 20.5. The maximum atomic E-state index is 13.4. The topological polar surface area (TPSA) is 167 Å². The molecule has 12 heteroatoms. The number of hydrogen-bond donors (Lipinski definition) is 4. The summed E-state index contributed by atoms with van der Waals surface area (Å²) in [4.78, 5) is 13.4. The molecular weight excluding hydrogens is 492 g/mol. The molecule has 0 bridgehead atoms. The Morgan fingerprint density at radius 2 is 1.57 bits per heavy atom. The van der Waals surface area contributed by atoms with Crippen LogP contribution in [0.2, 0.25) is 0 Å². The van der Waals surface area contributed by atoms with E-state index < -0.39 is 42.7 Å². The molecule has 5 atom stereocenters. The SMILES string of the molecule is COc1ccc(OC)c(-c2cc(=O)c3c(OC4OC(CO)C(O)C(O)C4O)cc(OC)c(OC)c3o2)c1. The summed E-state index contributed by atoms with van der Waals surface area (Å²) in [6.07, 6.45) is -7.71. The van der Waals surface area contributed by atoms with E-state index in [2.05, 4.69) is 0 Å². The van der Waals surface area contributed by atoms with Gasteiger partial charge in [0.25, 0.3) is 0 Å². The lowest BCUT2D eigenvalue weighted by atomic mass is 9.99. The fraction of sp³-hybridized carbons (Fsp3) is 0.400. The number of rotatable bonds is 8. The third-order valence-corrected chi connectivity index (χ3v) is 6.07. The largest absolute Gasteiger partial charge is 0.497 e. The van der Waals surface area contributed by atoms with Crippen LogP contribution in [0, 0.1) is 0 Å². The van der Waals surface area contributed by atoms with E-state index in [1.807, 2.05) is 0 Å². The van der Waals surface area contributed by atoms with Crippen molar-refractivity contribution in [1.29, 1.82) is 0 Å². The van der Waals surface area contributed by atoms with Gasteiger partial charge in [0.1, 0.15) is 52.8 Å². The molecule has 1 fully saturated rings. The van der Waals surface area contributed by atoms with Gasteiger partial charge in [-0.3, -0.25) is 4.79 Å². The van der Waals surface area contributed by atoms with E-state index in [9.17, 15) is 25.2 Å². The molecule has 1 aliphatic heterocycles. The summed E-state index contributed by atoms with van der Waals surface area (Å²) < 4.78 is 38.9. The molecule has 5 unspecified atom stereocenters. The van der Waals surface area contributed by atoms with Crippen molar-refractivity contribution in [3.05, 3.63) is 40.6 Å². The predicted molar refractivity (Wildman–Crippen MR) is 129 cm³/mol. The highest BCUT2D eigenvalue weighted by atomic mass is 16.7. The second-order valence-electron chi connectivity index (χ2n) is 8.17. The Labute approximate surface area is 211 Å². The summed E-state index contributed by atoms with van der Waals surface area (Å²) in [7, 11) is 5.71. The molecule has 2 aromatic carbocycles. The number of ether oxygens (including phenoxy) is 6. The average molecular weight is 520 g/mol. The lowest BCUT2D eigenvalue weighted by molar-refractivity contribution is -0.277. The Hall–Kier alpha value is -3.55.